The average molecular weight is 297 g/mol. The lowest BCUT2D eigenvalue weighted by Gasteiger charge is -2.04. The van der Waals surface area contributed by atoms with Gasteiger partial charge in [0.1, 0.15) is 0 Å². The van der Waals surface area contributed by atoms with Crippen LogP contribution in [0.25, 0.3) is 10.9 Å². The van der Waals surface area contributed by atoms with Crippen molar-refractivity contribution in [3.63, 3.8) is 0 Å². The highest BCUT2D eigenvalue weighted by Gasteiger charge is 2.11. The van der Waals surface area contributed by atoms with E-state index < -0.39 is 0 Å². The number of amides is 1. The standard InChI is InChI=1S/C15H15N5O2/c1-9-10(15(22)17-8-16-9)6-7-13(21)18-14-11-4-2-3-5-12(11)19-20-14/h2-5,8H,6-7H2,1H3,(H,16,17,22)(H2,18,19,20,21). The quantitative estimate of drug-likeness (QED) is 0.679. The molecule has 2 heterocycles. The molecular weight excluding hydrogens is 282 g/mol. The summed E-state index contributed by atoms with van der Waals surface area (Å²) in [4.78, 5) is 30.3. The maximum atomic E-state index is 12.1. The number of aromatic amines is 2. The van der Waals surface area contributed by atoms with Crippen LogP contribution in [0.1, 0.15) is 17.7 Å². The highest BCUT2D eigenvalue weighted by Crippen LogP contribution is 2.19. The zero-order chi connectivity index (χ0) is 15.5. The van der Waals surface area contributed by atoms with Gasteiger partial charge in [-0.1, -0.05) is 12.1 Å². The minimum Gasteiger partial charge on any atom is -0.313 e. The smallest absolute Gasteiger partial charge is 0.254 e. The molecule has 0 aliphatic carbocycles. The number of carbonyl (C=O) groups is 1. The molecule has 0 saturated carbocycles. The van der Waals surface area contributed by atoms with Gasteiger partial charge in [-0.2, -0.15) is 5.10 Å². The number of H-pyrrole nitrogens is 2. The van der Waals surface area contributed by atoms with Gasteiger partial charge in [-0.3, -0.25) is 14.7 Å². The van der Waals surface area contributed by atoms with Gasteiger partial charge in [0.15, 0.2) is 5.82 Å². The molecule has 2 aromatic heterocycles. The van der Waals surface area contributed by atoms with Crippen LogP contribution in [0.2, 0.25) is 0 Å². The van der Waals surface area contributed by atoms with Gasteiger partial charge in [0.25, 0.3) is 5.56 Å². The maximum Gasteiger partial charge on any atom is 0.254 e. The SMILES string of the molecule is Cc1nc[nH]c(=O)c1CCC(=O)Nc1n[nH]c2ccccc12. The molecule has 7 nitrogen and oxygen atoms in total. The largest absolute Gasteiger partial charge is 0.313 e. The van der Waals surface area contributed by atoms with E-state index in [1.54, 1.807) is 6.92 Å². The van der Waals surface area contributed by atoms with Crippen LogP contribution in [0.3, 0.4) is 0 Å². The Morgan fingerprint density at radius 1 is 1.32 bits per heavy atom. The number of nitrogens with one attached hydrogen (secondary N) is 3. The summed E-state index contributed by atoms with van der Waals surface area (Å²) in [5, 5.41) is 10.6. The number of carbonyl (C=O) groups excluding carboxylic acids is 1. The first-order valence-electron chi connectivity index (χ1n) is 6.91. The zero-order valence-electron chi connectivity index (χ0n) is 12.0. The minimum absolute atomic E-state index is 0.191. The number of aryl methyl sites for hydroxylation is 1. The monoisotopic (exact) mass is 297 g/mol. The van der Waals surface area contributed by atoms with Crippen molar-refractivity contribution in [1.82, 2.24) is 20.2 Å². The van der Waals surface area contributed by atoms with E-state index in [-0.39, 0.29) is 17.9 Å². The van der Waals surface area contributed by atoms with Crippen molar-refractivity contribution in [2.45, 2.75) is 19.8 Å². The fourth-order valence-corrected chi connectivity index (χ4v) is 2.30. The molecule has 0 saturated heterocycles. The Bertz CT molecular complexity index is 881. The van der Waals surface area contributed by atoms with Gasteiger partial charge >= 0.3 is 0 Å². The number of para-hydroxylation sites is 1. The molecule has 0 atom stereocenters. The Kier molecular flexibility index (Phi) is 3.69. The molecule has 0 aliphatic rings. The Morgan fingerprint density at radius 3 is 2.95 bits per heavy atom. The Labute approximate surface area is 125 Å². The van der Waals surface area contributed by atoms with Crippen molar-refractivity contribution in [1.29, 1.82) is 0 Å². The van der Waals surface area contributed by atoms with Crippen molar-refractivity contribution in [3.8, 4) is 0 Å². The van der Waals surface area contributed by atoms with Crippen molar-refractivity contribution in [3.05, 3.63) is 52.2 Å². The number of rotatable bonds is 4. The highest BCUT2D eigenvalue weighted by atomic mass is 16.1. The number of benzene rings is 1. The van der Waals surface area contributed by atoms with E-state index in [1.807, 2.05) is 24.3 Å². The molecule has 0 spiro atoms. The van der Waals surface area contributed by atoms with Gasteiger partial charge in [-0.05, 0) is 25.5 Å². The van der Waals surface area contributed by atoms with Gasteiger partial charge in [-0.15, -0.1) is 0 Å². The fraction of sp³-hybridized carbons (Fsp3) is 0.200. The number of hydrogen-bond donors (Lipinski definition) is 3. The summed E-state index contributed by atoms with van der Waals surface area (Å²) in [7, 11) is 0. The first-order chi connectivity index (χ1) is 10.6. The van der Waals surface area contributed by atoms with Crippen LogP contribution in [0.15, 0.2) is 35.4 Å². The van der Waals surface area contributed by atoms with Crippen molar-refractivity contribution >= 4 is 22.6 Å². The van der Waals surface area contributed by atoms with E-state index in [4.69, 9.17) is 0 Å². The molecule has 3 N–H and O–H groups in total. The van der Waals surface area contributed by atoms with Crippen LogP contribution in [0.4, 0.5) is 5.82 Å². The topological polar surface area (TPSA) is 104 Å². The minimum atomic E-state index is -0.203. The van der Waals surface area contributed by atoms with E-state index >= 15 is 0 Å². The van der Waals surface area contributed by atoms with E-state index in [0.29, 0.717) is 23.5 Å². The highest BCUT2D eigenvalue weighted by molar-refractivity contribution is 5.99. The molecule has 3 rings (SSSR count). The van der Waals surface area contributed by atoms with Gasteiger partial charge in [0.05, 0.1) is 11.8 Å². The second-order valence-corrected chi connectivity index (χ2v) is 4.96. The van der Waals surface area contributed by atoms with Crippen molar-refractivity contribution in [2.24, 2.45) is 0 Å². The lowest BCUT2D eigenvalue weighted by atomic mass is 10.1. The molecule has 0 unspecified atom stereocenters. The second-order valence-electron chi connectivity index (χ2n) is 4.96. The molecule has 0 aliphatic heterocycles. The summed E-state index contributed by atoms with van der Waals surface area (Å²) in [6, 6.07) is 7.54. The molecular formula is C15H15N5O2. The summed E-state index contributed by atoms with van der Waals surface area (Å²) in [6.07, 6.45) is 1.89. The molecule has 0 fully saturated rings. The summed E-state index contributed by atoms with van der Waals surface area (Å²) in [5.41, 5.74) is 1.83. The number of nitrogens with zero attached hydrogens (tertiary/aromatic N) is 2. The second kappa shape index (κ2) is 5.80. The van der Waals surface area contributed by atoms with Gasteiger partial charge in [0, 0.05) is 23.1 Å². The summed E-state index contributed by atoms with van der Waals surface area (Å²) < 4.78 is 0. The van der Waals surface area contributed by atoms with Crippen molar-refractivity contribution in [2.75, 3.05) is 5.32 Å². The Balaban J connectivity index is 1.69. The first kappa shape index (κ1) is 14.0. The molecule has 0 bridgehead atoms. The van der Waals surface area contributed by atoms with E-state index in [1.165, 1.54) is 6.33 Å². The van der Waals surface area contributed by atoms with Gasteiger partial charge in [-0.25, -0.2) is 4.98 Å². The zero-order valence-corrected chi connectivity index (χ0v) is 12.0. The van der Waals surface area contributed by atoms with Crippen LogP contribution in [0, 0.1) is 6.92 Å². The number of fused-ring (bicyclic) bond motifs is 1. The van der Waals surface area contributed by atoms with E-state index in [0.717, 1.165) is 10.9 Å². The van der Waals surface area contributed by atoms with Crippen LogP contribution in [-0.4, -0.2) is 26.1 Å². The fourth-order valence-electron chi connectivity index (χ4n) is 2.30. The van der Waals surface area contributed by atoms with Crippen LogP contribution in [0.5, 0.6) is 0 Å². The lowest BCUT2D eigenvalue weighted by molar-refractivity contribution is -0.116. The van der Waals surface area contributed by atoms with Gasteiger partial charge in [0.2, 0.25) is 5.91 Å². The predicted octanol–water partition coefficient (Wildman–Crippen LogP) is 1.53. The number of anilines is 1. The predicted molar refractivity (Wildman–Crippen MR) is 82.6 cm³/mol. The van der Waals surface area contributed by atoms with Crippen LogP contribution in [-0.2, 0) is 11.2 Å². The third kappa shape index (κ3) is 2.73. The Hall–Kier alpha value is -2.96. The van der Waals surface area contributed by atoms with Crippen LogP contribution < -0.4 is 10.9 Å². The summed E-state index contributed by atoms with van der Waals surface area (Å²) in [6.45, 7) is 1.75. The third-order valence-electron chi connectivity index (χ3n) is 3.49. The number of hydrogen-bond acceptors (Lipinski definition) is 4. The molecule has 7 heteroatoms. The number of aromatic nitrogens is 4. The third-order valence-corrected chi connectivity index (χ3v) is 3.49. The molecule has 0 radical (unpaired) electrons. The van der Waals surface area contributed by atoms with E-state index in [9.17, 15) is 9.59 Å². The molecule has 1 aromatic carbocycles. The maximum absolute atomic E-state index is 12.1. The molecule has 112 valence electrons. The molecule has 1 amide bonds. The van der Waals surface area contributed by atoms with Gasteiger partial charge < -0.3 is 10.3 Å². The van der Waals surface area contributed by atoms with Crippen LogP contribution >= 0.6 is 0 Å². The lowest BCUT2D eigenvalue weighted by Crippen LogP contribution is -2.19. The molecule has 22 heavy (non-hydrogen) atoms. The summed E-state index contributed by atoms with van der Waals surface area (Å²) in [5.74, 6) is 0.303. The van der Waals surface area contributed by atoms with Crippen molar-refractivity contribution < 1.29 is 4.79 Å². The first-order valence-corrected chi connectivity index (χ1v) is 6.91. The molecule has 3 aromatic rings. The average Bonchev–Trinajstić information content (AvgIpc) is 2.90. The summed E-state index contributed by atoms with van der Waals surface area (Å²) >= 11 is 0. The normalized spacial score (nSPS) is 10.8. The Morgan fingerprint density at radius 2 is 2.14 bits per heavy atom. The van der Waals surface area contributed by atoms with E-state index in [2.05, 4.69) is 25.5 Å².